The molecular weight excluding hydrogens is 193 g/mol. The van der Waals surface area contributed by atoms with Crippen molar-refractivity contribution >= 4 is 5.82 Å². The summed E-state index contributed by atoms with van der Waals surface area (Å²) >= 11 is 0. The third kappa shape index (κ3) is 2.10. The molecule has 2 rings (SSSR count). The summed E-state index contributed by atoms with van der Waals surface area (Å²) in [6, 6.07) is 8.09. The Morgan fingerprint density at radius 3 is 2.80 bits per heavy atom. The molecule has 0 saturated heterocycles. The normalized spacial score (nSPS) is 10.0. The van der Waals surface area contributed by atoms with Crippen molar-refractivity contribution in [1.82, 2.24) is 9.97 Å². The summed E-state index contributed by atoms with van der Waals surface area (Å²) < 4.78 is 13.0. The zero-order valence-electron chi connectivity index (χ0n) is 8.24. The first kappa shape index (κ1) is 9.58. The molecule has 0 amide bonds. The highest BCUT2D eigenvalue weighted by Gasteiger charge is 2.01. The number of hydrogen-bond donors (Lipinski definition) is 1. The highest BCUT2D eigenvalue weighted by molar-refractivity contribution is 5.61. The van der Waals surface area contributed by atoms with Crippen LogP contribution in [0.4, 0.5) is 10.2 Å². The Kier molecular flexibility index (Phi) is 2.58. The molecule has 0 aliphatic heterocycles. The van der Waals surface area contributed by atoms with E-state index in [4.69, 9.17) is 0 Å². The van der Waals surface area contributed by atoms with Gasteiger partial charge in [-0.2, -0.15) is 0 Å². The van der Waals surface area contributed by atoms with Gasteiger partial charge in [-0.1, -0.05) is 12.1 Å². The Balaban J connectivity index is 2.44. The second-order valence-corrected chi connectivity index (χ2v) is 3.05. The van der Waals surface area contributed by atoms with Crippen LogP contribution in [0.25, 0.3) is 11.3 Å². The van der Waals surface area contributed by atoms with Gasteiger partial charge >= 0.3 is 0 Å². The monoisotopic (exact) mass is 203 g/mol. The summed E-state index contributed by atoms with van der Waals surface area (Å²) in [7, 11) is 1.78. The third-order valence-corrected chi connectivity index (χ3v) is 2.04. The number of nitrogens with one attached hydrogen (secondary N) is 1. The van der Waals surface area contributed by atoms with Crippen LogP contribution in [-0.4, -0.2) is 17.0 Å². The number of anilines is 1. The molecule has 0 fully saturated rings. The molecule has 0 aliphatic rings. The predicted molar refractivity (Wildman–Crippen MR) is 57.0 cm³/mol. The van der Waals surface area contributed by atoms with Gasteiger partial charge in [-0.05, 0) is 12.1 Å². The number of hydrogen-bond acceptors (Lipinski definition) is 3. The topological polar surface area (TPSA) is 37.8 Å². The maximum Gasteiger partial charge on any atom is 0.129 e. The molecule has 15 heavy (non-hydrogen) atoms. The summed E-state index contributed by atoms with van der Waals surface area (Å²) in [5, 5.41) is 2.91. The lowest BCUT2D eigenvalue weighted by molar-refractivity contribution is 0.628. The van der Waals surface area contributed by atoms with E-state index in [0.29, 0.717) is 11.5 Å². The van der Waals surface area contributed by atoms with E-state index in [0.717, 1.165) is 5.56 Å². The fourth-order valence-electron chi connectivity index (χ4n) is 1.30. The van der Waals surface area contributed by atoms with Gasteiger partial charge < -0.3 is 5.32 Å². The molecule has 4 heteroatoms. The van der Waals surface area contributed by atoms with Crippen molar-refractivity contribution < 1.29 is 4.39 Å². The highest BCUT2D eigenvalue weighted by atomic mass is 19.1. The van der Waals surface area contributed by atoms with Gasteiger partial charge in [0.25, 0.3) is 0 Å². The molecule has 0 aliphatic carbocycles. The zero-order valence-corrected chi connectivity index (χ0v) is 8.24. The van der Waals surface area contributed by atoms with Gasteiger partial charge in [0.15, 0.2) is 0 Å². The first-order valence-corrected chi connectivity index (χ1v) is 4.55. The molecule has 1 N–H and O–H groups in total. The molecule has 2 aromatic rings. The first-order chi connectivity index (χ1) is 7.29. The average Bonchev–Trinajstić information content (AvgIpc) is 2.29. The van der Waals surface area contributed by atoms with Gasteiger partial charge in [-0.25, -0.2) is 14.4 Å². The minimum absolute atomic E-state index is 0.267. The fourth-order valence-corrected chi connectivity index (χ4v) is 1.30. The van der Waals surface area contributed by atoms with E-state index in [-0.39, 0.29) is 5.82 Å². The Labute approximate surface area is 87.0 Å². The lowest BCUT2D eigenvalue weighted by Gasteiger charge is -2.02. The molecule has 0 unspecified atom stereocenters. The molecule has 0 saturated carbocycles. The maximum atomic E-state index is 13.0. The molecule has 0 spiro atoms. The molecule has 0 radical (unpaired) electrons. The number of benzene rings is 1. The van der Waals surface area contributed by atoms with Crippen molar-refractivity contribution in [3.63, 3.8) is 0 Å². The van der Waals surface area contributed by atoms with Crippen LogP contribution in [0.15, 0.2) is 36.7 Å². The van der Waals surface area contributed by atoms with E-state index >= 15 is 0 Å². The van der Waals surface area contributed by atoms with Gasteiger partial charge in [0.05, 0.1) is 5.69 Å². The lowest BCUT2D eigenvalue weighted by atomic mass is 10.1. The molecule has 3 nitrogen and oxygen atoms in total. The van der Waals surface area contributed by atoms with Crippen molar-refractivity contribution in [2.75, 3.05) is 12.4 Å². The Morgan fingerprint density at radius 2 is 2.07 bits per heavy atom. The predicted octanol–water partition coefficient (Wildman–Crippen LogP) is 2.32. The van der Waals surface area contributed by atoms with Crippen LogP contribution in [0.3, 0.4) is 0 Å². The molecule has 1 aromatic heterocycles. The largest absolute Gasteiger partial charge is 0.373 e. The smallest absolute Gasteiger partial charge is 0.129 e. The quantitative estimate of drug-likeness (QED) is 0.813. The number of nitrogens with zero attached hydrogens (tertiary/aromatic N) is 2. The van der Waals surface area contributed by atoms with Crippen LogP contribution < -0.4 is 5.32 Å². The number of aromatic nitrogens is 2. The van der Waals surface area contributed by atoms with Crippen LogP contribution >= 0.6 is 0 Å². The minimum Gasteiger partial charge on any atom is -0.373 e. The molecule has 0 atom stereocenters. The molecule has 0 bridgehead atoms. The summed E-state index contributed by atoms with van der Waals surface area (Å²) in [4.78, 5) is 8.07. The average molecular weight is 203 g/mol. The molecule has 1 heterocycles. The third-order valence-electron chi connectivity index (χ3n) is 2.04. The summed E-state index contributed by atoms with van der Waals surface area (Å²) in [6.45, 7) is 0. The second kappa shape index (κ2) is 4.04. The van der Waals surface area contributed by atoms with Crippen molar-refractivity contribution in [1.29, 1.82) is 0 Å². The summed E-state index contributed by atoms with van der Waals surface area (Å²) in [6.07, 6.45) is 1.45. The summed E-state index contributed by atoms with van der Waals surface area (Å²) in [5.74, 6) is 0.446. The van der Waals surface area contributed by atoms with Crippen LogP contribution in [0.2, 0.25) is 0 Å². The van der Waals surface area contributed by atoms with Gasteiger partial charge in [0.2, 0.25) is 0 Å². The first-order valence-electron chi connectivity index (χ1n) is 4.55. The van der Waals surface area contributed by atoms with E-state index in [2.05, 4.69) is 15.3 Å². The molecule has 1 aromatic carbocycles. The maximum absolute atomic E-state index is 13.0. The van der Waals surface area contributed by atoms with Crippen LogP contribution in [0.5, 0.6) is 0 Å². The molecular formula is C11H10FN3. The van der Waals surface area contributed by atoms with Gasteiger partial charge in [-0.15, -0.1) is 0 Å². The zero-order chi connectivity index (χ0) is 10.7. The van der Waals surface area contributed by atoms with Crippen molar-refractivity contribution in [3.05, 3.63) is 42.5 Å². The van der Waals surface area contributed by atoms with Gasteiger partial charge in [-0.3, -0.25) is 0 Å². The second-order valence-electron chi connectivity index (χ2n) is 3.05. The Hall–Kier alpha value is -1.97. The summed E-state index contributed by atoms with van der Waals surface area (Å²) in [5.41, 5.74) is 1.45. The van der Waals surface area contributed by atoms with E-state index in [1.807, 2.05) is 6.07 Å². The number of halogens is 1. The van der Waals surface area contributed by atoms with Crippen LogP contribution in [0.1, 0.15) is 0 Å². The highest BCUT2D eigenvalue weighted by Crippen LogP contribution is 2.18. The van der Waals surface area contributed by atoms with E-state index in [9.17, 15) is 4.39 Å². The van der Waals surface area contributed by atoms with Crippen molar-refractivity contribution in [2.45, 2.75) is 0 Å². The SMILES string of the molecule is CNc1cc(-c2cccc(F)c2)ncn1. The van der Waals surface area contributed by atoms with Crippen molar-refractivity contribution in [2.24, 2.45) is 0 Å². The van der Waals surface area contributed by atoms with E-state index in [1.165, 1.54) is 18.5 Å². The minimum atomic E-state index is -0.267. The van der Waals surface area contributed by atoms with Crippen LogP contribution in [-0.2, 0) is 0 Å². The van der Waals surface area contributed by atoms with Crippen LogP contribution in [0, 0.1) is 5.82 Å². The molecule has 76 valence electrons. The fraction of sp³-hybridized carbons (Fsp3) is 0.0909. The Morgan fingerprint density at radius 1 is 1.20 bits per heavy atom. The lowest BCUT2D eigenvalue weighted by Crippen LogP contribution is -1.94. The van der Waals surface area contributed by atoms with Gasteiger partial charge in [0.1, 0.15) is 18.0 Å². The van der Waals surface area contributed by atoms with Crippen molar-refractivity contribution in [3.8, 4) is 11.3 Å². The number of rotatable bonds is 2. The van der Waals surface area contributed by atoms with Gasteiger partial charge in [0, 0.05) is 18.7 Å². The Bertz CT molecular complexity index is 471. The standard InChI is InChI=1S/C11H10FN3/c1-13-11-6-10(14-7-15-11)8-3-2-4-9(12)5-8/h2-7H,1H3,(H,13,14,15). The van der Waals surface area contributed by atoms with E-state index < -0.39 is 0 Å². The van der Waals surface area contributed by atoms with E-state index in [1.54, 1.807) is 19.2 Å².